The fourth-order valence-electron chi connectivity index (χ4n) is 2.13. The topological polar surface area (TPSA) is 67.2 Å². The lowest BCUT2D eigenvalue weighted by Crippen LogP contribution is -2.24. The van der Waals surface area contributed by atoms with E-state index >= 15 is 0 Å². The van der Waals surface area contributed by atoms with Gasteiger partial charge in [0.15, 0.2) is 6.10 Å². The van der Waals surface area contributed by atoms with E-state index in [4.69, 9.17) is 10.00 Å². The number of ketones is 1. The van der Waals surface area contributed by atoms with Gasteiger partial charge in [0.2, 0.25) is 5.78 Å². The number of nitriles is 1. The maximum Gasteiger partial charge on any atom is 0.338 e. The molecule has 0 saturated carbocycles. The van der Waals surface area contributed by atoms with Crippen LogP contribution in [0.2, 0.25) is 0 Å². The summed E-state index contributed by atoms with van der Waals surface area (Å²) in [5.74, 6) is -0.871. The van der Waals surface area contributed by atoms with Crippen LogP contribution in [0.15, 0.2) is 42.5 Å². The molecule has 116 valence electrons. The van der Waals surface area contributed by atoms with Gasteiger partial charge in [0.1, 0.15) is 0 Å². The van der Waals surface area contributed by atoms with E-state index in [1.54, 1.807) is 37.3 Å². The van der Waals surface area contributed by atoms with Gasteiger partial charge in [-0.2, -0.15) is 5.26 Å². The van der Waals surface area contributed by atoms with Gasteiger partial charge >= 0.3 is 5.97 Å². The predicted molar refractivity (Wildman–Crippen MR) is 86.3 cm³/mol. The van der Waals surface area contributed by atoms with Gasteiger partial charge in [0.05, 0.1) is 17.2 Å². The van der Waals surface area contributed by atoms with Crippen molar-refractivity contribution in [1.82, 2.24) is 0 Å². The van der Waals surface area contributed by atoms with Gasteiger partial charge in [0.25, 0.3) is 0 Å². The fourth-order valence-corrected chi connectivity index (χ4v) is 2.13. The molecule has 2 aromatic rings. The second kappa shape index (κ2) is 6.89. The quantitative estimate of drug-likeness (QED) is 0.639. The summed E-state index contributed by atoms with van der Waals surface area (Å²) in [7, 11) is 0. The molecule has 0 aliphatic rings. The number of aryl methyl sites for hydroxylation is 2. The highest BCUT2D eigenvalue weighted by atomic mass is 16.5. The lowest BCUT2D eigenvalue weighted by Gasteiger charge is -2.13. The summed E-state index contributed by atoms with van der Waals surface area (Å²) in [5.41, 5.74) is 3.24. The molecule has 0 amide bonds. The first-order valence-electron chi connectivity index (χ1n) is 7.25. The number of ether oxygens (including phenoxy) is 1. The summed E-state index contributed by atoms with van der Waals surface area (Å²) in [6.45, 7) is 5.44. The van der Waals surface area contributed by atoms with Crippen LogP contribution in [0.5, 0.6) is 0 Å². The Kier molecular flexibility index (Phi) is 4.92. The van der Waals surface area contributed by atoms with Crippen molar-refractivity contribution in [1.29, 1.82) is 5.26 Å². The number of hydrogen-bond donors (Lipinski definition) is 0. The Hall–Kier alpha value is -2.93. The molecule has 0 radical (unpaired) electrons. The van der Waals surface area contributed by atoms with Crippen LogP contribution in [0, 0.1) is 25.2 Å². The maximum atomic E-state index is 12.4. The Labute approximate surface area is 135 Å². The van der Waals surface area contributed by atoms with E-state index < -0.39 is 12.1 Å². The second-order valence-electron chi connectivity index (χ2n) is 5.40. The highest BCUT2D eigenvalue weighted by Gasteiger charge is 2.20. The van der Waals surface area contributed by atoms with Crippen molar-refractivity contribution in [3.63, 3.8) is 0 Å². The minimum absolute atomic E-state index is 0.252. The van der Waals surface area contributed by atoms with Gasteiger partial charge in [-0.05, 0) is 56.2 Å². The number of Topliss-reactive ketones (excluding diaryl/α,β-unsaturated/α-hetero) is 1. The third-order valence-corrected chi connectivity index (χ3v) is 3.67. The number of carbonyl (C=O) groups excluding carboxylic acids is 2. The lowest BCUT2D eigenvalue weighted by molar-refractivity contribution is 0.0319. The van der Waals surface area contributed by atoms with Crippen LogP contribution in [0.3, 0.4) is 0 Å². The summed E-state index contributed by atoms with van der Waals surface area (Å²) in [6.07, 6.45) is -0.893. The molecule has 0 fully saturated rings. The van der Waals surface area contributed by atoms with E-state index in [0.717, 1.165) is 11.1 Å². The van der Waals surface area contributed by atoms with Gasteiger partial charge in [-0.1, -0.05) is 18.2 Å². The third-order valence-electron chi connectivity index (χ3n) is 3.67. The molecule has 0 aliphatic carbocycles. The van der Waals surface area contributed by atoms with Crippen LogP contribution >= 0.6 is 0 Å². The average Bonchev–Trinajstić information content (AvgIpc) is 2.56. The largest absolute Gasteiger partial charge is 0.451 e. The van der Waals surface area contributed by atoms with E-state index in [1.807, 2.05) is 26.0 Å². The molecular formula is C19H17NO3. The van der Waals surface area contributed by atoms with Crippen molar-refractivity contribution in [2.75, 3.05) is 0 Å². The highest BCUT2D eigenvalue weighted by Crippen LogP contribution is 2.14. The normalized spacial score (nSPS) is 11.4. The zero-order chi connectivity index (χ0) is 17.0. The molecule has 0 saturated heterocycles. The molecule has 0 N–H and O–H groups in total. The molecule has 0 aromatic heterocycles. The van der Waals surface area contributed by atoms with Crippen LogP contribution in [0.1, 0.15) is 44.3 Å². The van der Waals surface area contributed by atoms with E-state index in [9.17, 15) is 9.59 Å². The molecule has 1 atom stereocenters. The number of esters is 1. The average molecular weight is 307 g/mol. The SMILES string of the molecule is Cc1ccc(C(=O)[C@@H](C)OC(=O)c2cccc(C#N)c2)cc1C. The van der Waals surface area contributed by atoms with Gasteiger partial charge in [-0.3, -0.25) is 4.79 Å². The molecule has 0 heterocycles. The first kappa shape index (κ1) is 16.4. The summed E-state index contributed by atoms with van der Waals surface area (Å²) in [4.78, 5) is 24.5. The van der Waals surface area contributed by atoms with Crippen LogP contribution in [0.4, 0.5) is 0 Å². The van der Waals surface area contributed by atoms with Crippen molar-refractivity contribution in [3.8, 4) is 6.07 Å². The van der Waals surface area contributed by atoms with Crippen LogP contribution in [-0.4, -0.2) is 17.9 Å². The fraction of sp³-hybridized carbons (Fsp3) is 0.211. The van der Waals surface area contributed by atoms with Gasteiger partial charge < -0.3 is 4.74 Å². The van der Waals surface area contributed by atoms with E-state index in [2.05, 4.69) is 0 Å². The molecule has 4 nitrogen and oxygen atoms in total. The van der Waals surface area contributed by atoms with Crippen molar-refractivity contribution in [3.05, 3.63) is 70.3 Å². The van der Waals surface area contributed by atoms with Crippen LogP contribution in [0.25, 0.3) is 0 Å². The standard InChI is InChI=1S/C19H17NO3/c1-12-7-8-16(9-13(12)2)18(21)14(3)23-19(22)17-6-4-5-15(10-17)11-20/h4-10,14H,1-3H3/t14-/m1/s1. The molecule has 23 heavy (non-hydrogen) atoms. The van der Waals surface area contributed by atoms with Gasteiger partial charge in [-0.25, -0.2) is 4.79 Å². The lowest BCUT2D eigenvalue weighted by atomic mass is 10.0. The number of nitrogens with zero attached hydrogens (tertiary/aromatic N) is 1. The second-order valence-corrected chi connectivity index (χ2v) is 5.40. The Bertz CT molecular complexity index is 803. The van der Waals surface area contributed by atoms with E-state index in [-0.39, 0.29) is 11.3 Å². The zero-order valence-electron chi connectivity index (χ0n) is 13.3. The van der Waals surface area contributed by atoms with Crippen molar-refractivity contribution in [2.24, 2.45) is 0 Å². The molecule has 0 bridgehead atoms. The number of benzene rings is 2. The minimum atomic E-state index is -0.893. The van der Waals surface area contributed by atoms with Gasteiger partial charge in [0, 0.05) is 5.56 Å². The Morgan fingerprint density at radius 2 is 1.78 bits per heavy atom. The number of carbonyl (C=O) groups is 2. The number of hydrogen-bond acceptors (Lipinski definition) is 4. The molecule has 0 unspecified atom stereocenters. The minimum Gasteiger partial charge on any atom is -0.451 e. The summed E-state index contributed by atoms with van der Waals surface area (Å²) < 4.78 is 5.22. The van der Waals surface area contributed by atoms with Crippen LogP contribution in [-0.2, 0) is 4.74 Å². The van der Waals surface area contributed by atoms with Gasteiger partial charge in [-0.15, -0.1) is 0 Å². The zero-order valence-corrected chi connectivity index (χ0v) is 13.3. The predicted octanol–water partition coefficient (Wildman–Crippen LogP) is 3.60. The molecule has 4 heteroatoms. The highest BCUT2D eigenvalue weighted by molar-refractivity contribution is 6.01. The van der Waals surface area contributed by atoms with Crippen molar-refractivity contribution >= 4 is 11.8 Å². The van der Waals surface area contributed by atoms with Crippen molar-refractivity contribution < 1.29 is 14.3 Å². The molecule has 2 aromatic carbocycles. The van der Waals surface area contributed by atoms with E-state index in [1.165, 1.54) is 6.07 Å². The van der Waals surface area contributed by atoms with E-state index in [0.29, 0.717) is 11.1 Å². The smallest absolute Gasteiger partial charge is 0.338 e. The van der Waals surface area contributed by atoms with Crippen LogP contribution < -0.4 is 0 Å². The third kappa shape index (κ3) is 3.83. The first-order chi connectivity index (χ1) is 10.9. The van der Waals surface area contributed by atoms with Crippen molar-refractivity contribution in [2.45, 2.75) is 26.9 Å². The Morgan fingerprint density at radius 1 is 1.04 bits per heavy atom. The molecule has 0 spiro atoms. The summed E-state index contributed by atoms with van der Waals surface area (Å²) >= 11 is 0. The maximum absolute atomic E-state index is 12.4. The number of rotatable bonds is 4. The summed E-state index contributed by atoms with van der Waals surface area (Å²) in [5, 5.41) is 8.85. The first-order valence-corrected chi connectivity index (χ1v) is 7.25. The molecule has 2 rings (SSSR count). The Morgan fingerprint density at radius 3 is 2.43 bits per heavy atom. The molecular weight excluding hydrogens is 290 g/mol. The molecule has 0 aliphatic heterocycles. The Balaban J connectivity index is 2.12. The monoisotopic (exact) mass is 307 g/mol. The summed E-state index contributed by atoms with van der Waals surface area (Å²) in [6, 6.07) is 13.5.